The number of nitrogens with one attached hydrogen (secondary N) is 2. The van der Waals surface area contributed by atoms with Gasteiger partial charge in [0.25, 0.3) is 0 Å². The Bertz CT molecular complexity index is 315. The zero-order chi connectivity index (χ0) is 13.2. The van der Waals surface area contributed by atoms with Gasteiger partial charge in [0.1, 0.15) is 5.60 Å². The molecule has 0 aliphatic carbocycles. The van der Waals surface area contributed by atoms with Crippen LogP contribution in [-0.2, 0) is 9.53 Å². The van der Waals surface area contributed by atoms with Crippen LogP contribution in [0.2, 0.25) is 0 Å². The van der Waals surface area contributed by atoms with Crippen LogP contribution < -0.4 is 10.6 Å². The molecule has 5 nitrogen and oxygen atoms in total. The van der Waals surface area contributed by atoms with E-state index < -0.39 is 5.60 Å². The second-order valence-electron chi connectivity index (χ2n) is 5.89. The molecule has 3 unspecified atom stereocenters. The number of carbonyl (C=O) groups excluding carboxylic acids is 1. The lowest BCUT2D eigenvalue weighted by Gasteiger charge is -2.34. The number of piperidine rings is 1. The zero-order valence-corrected chi connectivity index (χ0v) is 11.3. The van der Waals surface area contributed by atoms with E-state index in [4.69, 9.17) is 4.74 Å². The third kappa shape index (κ3) is 2.68. The predicted octanol–water partition coefficient (Wildman–Crippen LogP) is 0.0322. The van der Waals surface area contributed by atoms with Crippen LogP contribution in [0.3, 0.4) is 0 Å². The molecule has 1 amide bonds. The molecule has 2 saturated heterocycles. The number of hydrogen-bond acceptors (Lipinski definition) is 4. The van der Waals surface area contributed by atoms with Gasteiger partial charge in [0, 0.05) is 26.1 Å². The minimum absolute atomic E-state index is 0.0298. The Morgan fingerprint density at radius 1 is 1.56 bits per heavy atom. The summed E-state index contributed by atoms with van der Waals surface area (Å²) >= 11 is 0. The lowest BCUT2D eigenvalue weighted by atomic mass is 9.81. The summed E-state index contributed by atoms with van der Waals surface area (Å²) in [4.78, 5) is 12.2. The maximum atomic E-state index is 12.2. The van der Waals surface area contributed by atoms with Crippen LogP contribution in [-0.4, -0.2) is 49.0 Å². The highest BCUT2D eigenvalue weighted by Gasteiger charge is 2.41. The van der Waals surface area contributed by atoms with Gasteiger partial charge in [-0.05, 0) is 33.2 Å². The minimum Gasteiger partial charge on any atom is -0.385 e. The van der Waals surface area contributed by atoms with E-state index in [1.54, 1.807) is 0 Å². The van der Waals surface area contributed by atoms with E-state index in [-0.39, 0.29) is 24.0 Å². The normalized spacial score (nSPS) is 40.7. The van der Waals surface area contributed by atoms with Gasteiger partial charge in [0.05, 0.1) is 11.5 Å². The van der Waals surface area contributed by atoms with Gasteiger partial charge in [0.2, 0.25) is 5.91 Å². The molecule has 104 valence electrons. The number of carbonyl (C=O) groups is 1. The lowest BCUT2D eigenvalue weighted by molar-refractivity contribution is -0.132. The van der Waals surface area contributed by atoms with Crippen LogP contribution in [0, 0.1) is 5.41 Å². The van der Waals surface area contributed by atoms with Crippen molar-refractivity contribution in [1.82, 2.24) is 10.6 Å². The number of amides is 1. The molecule has 5 heteroatoms. The first-order valence-corrected chi connectivity index (χ1v) is 6.79. The summed E-state index contributed by atoms with van der Waals surface area (Å²) < 4.78 is 5.36. The number of hydrogen-bond donors (Lipinski definition) is 3. The van der Waals surface area contributed by atoms with E-state index in [1.165, 1.54) is 0 Å². The fourth-order valence-corrected chi connectivity index (χ4v) is 2.70. The average molecular weight is 256 g/mol. The molecule has 3 atom stereocenters. The molecule has 2 aliphatic rings. The Morgan fingerprint density at radius 2 is 2.33 bits per heavy atom. The quantitative estimate of drug-likeness (QED) is 0.666. The number of aliphatic hydroxyl groups is 1. The van der Waals surface area contributed by atoms with Crippen molar-refractivity contribution in [3.8, 4) is 0 Å². The van der Waals surface area contributed by atoms with Crippen LogP contribution >= 0.6 is 0 Å². The molecule has 18 heavy (non-hydrogen) atoms. The molecule has 3 N–H and O–H groups in total. The van der Waals surface area contributed by atoms with E-state index in [2.05, 4.69) is 10.6 Å². The van der Waals surface area contributed by atoms with Gasteiger partial charge in [-0.15, -0.1) is 0 Å². The predicted molar refractivity (Wildman–Crippen MR) is 68.2 cm³/mol. The molecule has 2 rings (SSSR count). The zero-order valence-electron chi connectivity index (χ0n) is 11.3. The first-order chi connectivity index (χ1) is 8.46. The number of rotatable bonds is 3. The highest BCUT2D eigenvalue weighted by molar-refractivity contribution is 5.82. The summed E-state index contributed by atoms with van der Waals surface area (Å²) in [6, 6.07) is 0. The van der Waals surface area contributed by atoms with Crippen LogP contribution in [0.25, 0.3) is 0 Å². The minimum atomic E-state index is -0.909. The van der Waals surface area contributed by atoms with Gasteiger partial charge in [0.15, 0.2) is 0 Å². The van der Waals surface area contributed by atoms with Crippen LogP contribution in [0.1, 0.15) is 33.1 Å². The topological polar surface area (TPSA) is 70.6 Å². The summed E-state index contributed by atoms with van der Waals surface area (Å²) in [7, 11) is 0. The molecule has 0 bridgehead atoms. The van der Waals surface area contributed by atoms with Crippen molar-refractivity contribution >= 4 is 5.91 Å². The molecule has 0 spiro atoms. The second kappa shape index (κ2) is 5.15. The Kier molecular flexibility index (Phi) is 3.94. The smallest absolute Gasteiger partial charge is 0.227 e. The molecule has 0 aromatic rings. The Labute approximate surface area is 108 Å². The highest BCUT2D eigenvalue weighted by Crippen LogP contribution is 2.28. The van der Waals surface area contributed by atoms with Crippen molar-refractivity contribution in [3.05, 3.63) is 0 Å². The first-order valence-electron chi connectivity index (χ1n) is 6.79. The first kappa shape index (κ1) is 13.8. The summed E-state index contributed by atoms with van der Waals surface area (Å²) in [6.45, 7) is 6.37. The van der Waals surface area contributed by atoms with Crippen molar-refractivity contribution in [1.29, 1.82) is 0 Å². The van der Waals surface area contributed by atoms with Crippen molar-refractivity contribution in [3.63, 3.8) is 0 Å². The molecule has 0 aromatic carbocycles. The molecule has 0 radical (unpaired) electrons. The van der Waals surface area contributed by atoms with E-state index in [0.29, 0.717) is 19.6 Å². The Morgan fingerprint density at radius 3 is 2.89 bits per heavy atom. The van der Waals surface area contributed by atoms with Crippen molar-refractivity contribution in [2.45, 2.75) is 44.8 Å². The van der Waals surface area contributed by atoms with E-state index in [1.807, 2.05) is 13.8 Å². The lowest BCUT2D eigenvalue weighted by Crippen LogP contribution is -2.53. The summed E-state index contributed by atoms with van der Waals surface area (Å²) in [5.41, 5.74) is -1.26. The fourth-order valence-electron chi connectivity index (χ4n) is 2.70. The van der Waals surface area contributed by atoms with Gasteiger partial charge in [-0.25, -0.2) is 0 Å². The fraction of sp³-hybridized carbons (Fsp3) is 0.923. The Balaban J connectivity index is 1.88. The third-order valence-electron chi connectivity index (χ3n) is 4.36. The van der Waals surface area contributed by atoms with E-state index >= 15 is 0 Å². The maximum absolute atomic E-state index is 12.2. The summed E-state index contributed by atoms with van der Waals surface area (Å²) in [5.74, 6) is 0.0298. The molecular weight excluding hydrogens is 232 g/mol. The summed E-state index contributed by atoms with van der Waals surface area (Å²) in [6.07, 6.45) is 2.29. The van der Waals surface area contributed by atoms with Crippen LogP contribution in [0.4, 0.5) is 0 Å². The van der Waals surface area contributed by atoms with Gasteiger partial charge in [-0.2, -0.15) is 0 Å². The third-order valence-corrected chi connectivity index (χ3v) is 4.36. The monoisotopic (exact) mass is 256 g/mol. The maximum Gasteiger partial charge on any atom is 0.227 e. The van der Waals surface area contributed by atoms with Crippen LogP contribution in [0.15, 0.2) is 0 Å². The molecule has 0 aromatic heterocycles. The van der Waals surface area contributed by atoms with Gasteiger partial charge < -0.3 is 20.5 Å². The molecular formula is C13H24N2O3. The van der Waals surface area contributed by atoms with Crippen LogP contribution in [0.5, 0.6) is 0 Å². The summed E-state index contributed by atoms with van der Waals surface area (Å²) in [5, 5.41) is 16.5. The molecule has 2 heterocycles. The SMILES string of the molecule is CC1OCCC1(O)CNC(=O)C1(C)CCCNC1. The van der Waals surface area contributed by atoms with Crippen molar-refractivity contribution < 1.29 is 14.6 Å². The van der Waals surface area contributed by atoms with Gasteiger partial charge >= 0.3 is 0 Å². The van der Waals surface area contributed by atoms with Crippen molar-refractivity contribution in [2.24, 2.45) is 5.41 Å². The molecule has 0 saturated carbocycles. The van der Waals surface area contributed by atoms with E-state index in [9.17, 15) is 9.90 Å². The average Bonchev–Trinajstić information content (AvgIpc) is 2.68. The second-order valence-corrected chi connectivity index (χ2v) is 5.89. The van der Waals surface area contributed by atoms with Gasteiger partial charge in [-0.1, -0.05) is 0 Å². The standard InChI is InChI=1S/C13H24N2O3/c1-10-13(17,5-7-18-10)9-15-11(16)12(2)4-3-6-14-8-12/h10,14,17H,3-9H2,1-2H3,(H,15,16). The van der Waals surface area contributed by atoms with E-state index in [0.717, 1.165) is 19.4 Å². The van der Waals surface area contributed by atoms with Gasteiger partial charge in [-0.3, -0.25) is 4.79 Å². The van der Waals surface area contributed by atoms with Crippen molar-refractivity contribution in [2.75, 3.05) is 26.2 Å². The molecule has 2 fully saturated rings. The Hall–Kier alpha value is -0.650. The highest BCUT2D eigenvalue weighted by atomic mass is 16.5. The largest absolute Gasteiger partial charge is 0.385 e. The molecule has 2 aliphatic heterocycles. The number of ether oxygens (including phenoxy) is 1.